The Morgan fingerprint density at radius 1 is 1.38 bits per heavy atom. The summed E-state index contributed by atoms with van der Waals surface area (Å²) < 4.78 is 13.1. The number of anilines is 1. The molecular weight excluding hydrogens is 313 g/mol. The molecule has 0 unspecified atom stereocenters. The molecule has 0 aliphatic carbocycles. The highest BCUT2D eigenvalue weighted by Gasteiger charge is 2.10. The SMILES string of the molecule is Cc1ccc(F)cc1NC(=O)CSc1csc(C(=O)O)c1. The lowest BCUT2D eigenvalue weighted by molar-refractivity contribution is -0.113. The zero-order chi connectivity index (χ0) is 15.4. The Hall–Kier alpha value is -1.86. The zero-order valence-corrected chi connectivity index (χ0v) is 12.7. The minimum Gasteiger partial charge on any atom is -0.477 e. The summed E-state index contributed by atoms with van der Waals surface area (Å²) >= 11 is 2.35. The van der Waals surface area contributed by atoms with Gasteiger partial charge in [-0.05, 0) is 30.7 Å². The molecule has 0 fully saturated rings. The third kappa shape index (κ3) is 4.30. The van der Waals surface area contributed by atoms with E-state index in [1.807, 2.05) is 0 Å². The van der Waals surface area contributed by atoms with E-state index >= 15 is 0 Å². The highest BCUT2D eigenvalue weighted by atomic mass is 32.2. The second-order valence-electron chi connectivity index (χ2n) is 4.25. The van der Waals surface area contributed by atoms with Crippen molar-refractivity contribution in [1.29, 1.82) is 0 Å². The molecule has 7 heteroatoms. The molecule has 1 heterocycles. The fourth-order valence-corrected chi connectivity index (χ4v) is 3.24. The van der Waals surface area contributed by atoms with Crippen LogP contribution in [-0.2, 0) is 4.79 Å². The Morgan fingerprint density at radius 3 is 2.81 bits per heavy atom. The predicted octanol–water partition coefficient (Wildman–Crippen LogP) is 3.62. The Balaban J connectivity index is 1.92. The smallest absolute Gasteiger partial charge is 0.345 e. The maximum Gasteiger partial charge on any atom is 0.345 e. The van der Waals surface area contributed by atoms with Gasteiger partial charge in [0.25, 0.3) is 0 Å². The highest BCUT2D eigenvalue weighted by Crippen LogP contribution is 2.25. The van der Waals surface area contributed by atoms with Gasteiger partial charge in [-0.25, -0.2) is 9.18 Å². The van der Waals surface area contributed by atoms with Gasteiger partial charge in [0.2, 0.25) is 5.91 Å². The maximum atomic E-state index is 13.1. The van der Waals surface area contributed by atoms with Gasteiger partial charge in [-0.15, -0.1) is 23.1 Å². The largest absolute Gasteiger partial charge is 0.477 e. The number of halogens is 1. The van der Waals surface area contributed by atoms with Crippen LogP contribution >= 0.6 is 23.1 Å². The Kier molecular flexibility index (Phi) is 4.98. The average molecular weight is 325 g/mol. The van der Waals surface area contributed by atoms with E-state index in [1.54, 1.807) is 18.4 Å². The van der Waals surface area contributed by atoms with E-state index in [4.69, 9.17) is 5.11 Å². The van der Waals surface area contributed by atoms with E-state index in [2.05, 4.69) is 5.32 Å². The highest BCUT2D eigenvalue weighted by molar-refractivity contribution is 8.00. The number of carboxylic acid groups (broad SMARTS) is 1. The van der Waals surface area contributed by atoms with Gasteiger partial charge < -0.3 is 10.4 Å². The minimum atomic E-state index is -0.980. The molecule has 0 bridgehead atoms. The summed E-state index contributed by atoms with van der Waals surface area (Å²) in [5.41, 5.74) is 1.22. The summed E-state index contributed by atoms with van der Waals surface area (Å²) in [4.78, 5) is 23.5. The first-order valence-electron chi connectivity index (χ1n) is 5.96. The number of rotatable bonds is 5. The van der Waals surface area contributed by atoms with Crippen LogP contribution < -0.4 is 5.32 Å². The molecule has 0 aliphatic rings. The normalized spacial score (nSPS) is 10.4. The van der Waals surface area contributed by atoms with Gasteiger partial charge in [0.05, 0.1) is 5.75 Å². The number of hydrogen-bond acceptors (Lipinski definition) is 4. The van der Waals surface area contributed by atoms with Crippen molar-refractivity contribution in [2.75, 3.05) is 11.1 Å². The Labute approximate surface area is 129 Å². The number of aromatic carboxylic acids is 1. The summed E-state index contributed by atoms with van der Waals surface area (Å²) in [5, 5.41) is 13.1. The number of carboxylic acids is 1. The number of hydrogen-bond donors (Lipinski definition) is 2. The van der Waals surface area contributed by atoms with E-state index in [9.17, 15) is 14.0 Å². The molecule has 2 aromatic rings. The minimum absolute atomic E-state index is 0.131. The maximum absolute atomic E-state index is 13.1. The number of aryl methyl sites for hydroxylation is 1. The third-order valence-corrected chi connectivity index (χ3v) is 4.67. The first kappa shape index (κ1) is 15.5. The molecule has 0 spiro atoms. The molecule has 0 saturated heterocycles. The predicted molar refractivity (Wildman–Crippen MR) is 81.8 cm³/mol. The second kappa shape index (κ2) is 6.73. The van der Waals surface area contributed by atoms with Crippen molar-refractivity contribution in [3.8, 4) is 0 Å². The molecule has 0 saturated carbocycles. The van der Waals surface area contributed by atoms with E-state index < -0.39 is 11.8 Å². The van der Waals surface area contributed by atoms with Gasteiger partial charge in [0.15, 0.2) is 0 Å². The number of benzene rings is 1. The number of carbonyl (C=O) groups is 2. The van der Waals surface area contributed by atoms with E-state index in [0.717, 1.165) is 21.8 Å². The molecule has 2 rings (SSSR count). The summed E-state index contributed by atoms with van der Waals surface area (Å²) in [7, 11) is 0. The first-order chi connectivity index (χ1) is 9.95. The molecule has 21 heavy (non-hydrogen) atoms. The van der Waals surface area contributed by atoms with Crippen LogP contribution in [0.3, 0.4) is 0 Å². The summed E-state index contributed by atoms with van der Waals surface area (Å²) in [6.07, 6.45) is 0. The first-order valence-corrected chi connectivity index (χ1v) is 7.83. The molecule has 2 N–H and O–H groups in total. The molecule has 1 amide bonds. The van der Waals surface area contributed by atoms with Crippen LogP contribution in [0.1, 0.15) is 15.2 Å². The van der Waals surface area contributed by atoms with E-state index in [1.165, 1.54) is 30.0 Å². The number of amides is 1. The molecule has 4 nitrogen and oxygen atoms in total. The van der Waals surface area contributed by atoms with Crippen molar-refractivity contribution in [2.45, 2.75) is 11.8 Å². The van der Waals surface area contributed by atoms with Gasteiger partial charge in [-0.2, -0.15) is 0 Å². The number of thioether (sulfide) groups is 1. The van der Waals surface area contributed by atoms with Crippen molar-refractivity contribution in [2.24, 2.45) is 0 Å². The van der Waals surface area contributed by atoms with Crippen molar-refractivity contribution >= 4 is 40.7 Å². The fourth-order valence-electron chi connectivity index (χ4n) is 1.57. The Bertz CT molecular complexity index is 685. The van der Waals surface area contributed by atoms with Gasteiger partial charge in [0, 0.05) is 16.0 Å². The summed E-state index contributed by atoms with van der Waals surface area (Å²) in [6.45, 7) is 1.78. The van der Waals surface area contributed by atoms with Crippen LogP contribution in [0.25, 0.3) is 0 Å². The average Bonchev–Trinajstić information content (AvgIpc) is 2.90. The molecule has 1 aromatic heterocycles. The van der Waals surface area contributed by atoms with Crippen LogP contribution in [-0.4, -0.2) is 22.7 Å². The zero-order valence-electron chi connectivity index (χ0n) is 11.1. The monoisotopic (exact) mass is 325 g/mol. The van der Waals surface area contributed by atoms with Gasteiger partial charge >= 0.3 is 5.97 Å². The van der Waals surface area contributed by atoms with Crippen LogP contribution in [0.4, 0.5) is 10.1 Å². The van der Waals surface area contributed by atoms with Crippen molar-refractivity contribution in [3.05, 3.63) is 45.9 Å². The van der Waals surface area contributed by atoms with Gasteiger partial charge in [-0.1, -0.05) is 6.07 Å². The fraction of sp³-hybridized carbons (Fsp3) is 0.143. The third-order valence-electron chi connectivity index (χ3n) is 2.63. The number of nitrogens with one attached hydrogen (secondary N) is 1. The molecule has 110 valence electrons. The number of thiophene rings is 1. The topological polar surface area (TPSA) is 66.4 Å². The van der Waals surface area contributed by atoms with Crippen LogP contribution in [0, 0.1) is 12.7 Å². The number of carbonyl (C=O) groups excluding carboxylic acids is 1. The summed E-state index contributed by atoms with van der Waals surface area (Å²) in [6, 6.07) is 5.72. The molecule has 0 aliphatic heterocycles. The van der Waals surface area contributed by atoms with Crippen LogP contribution in [0.5, 0.6) is 0 Å². The van der Waals surface area contributed by atoms with E-state index in [0.29, 0.717) is 5.69 Å². The lowest BCUT2D eigenvalue weighted by atomic mass is 10.2. The molecular formula is C14H12FNO3S2. The lowest BCUT2D eigenvalue weighted by Crippen LogP contribution is -2.14. The lowest BCUT2D eigenvalue weighted by Gasteiger charge is -2.07. The van der Waals surface area contributed by atoms with Crippen molar-refractivity contribution < 1.29 is 19.1 Å². The van der Waals surface area contributed by atoms with Crippen molar-refractivity contribution in [1.82, 2.24) is 0 Å². The van der Waals surface area contributed by atoms with Crippen LogP contribution in [0.15, 0.2) is 34.5 Å². The van der Waals surface area contributed by atoms with E-state index in [-0.39, 0.29) is 16.5 Å². The van der Waals surface area contributed by atoms with Gasteiger partial charge in [0.1, 0.15) is 10.7 Å². The van der Waals surface area contributed by atoms with Crippen molar-refractivity contribution in [3.63, 3.8) is 0 Å². The Morgan fingerprint density at radius 2 is 2.14 bits per heavy atom. The summed E-state index contributed by atoms with van der Waals surface area (Å²) in [5.74, 6) is -1.53. The molecule has 1 aromatic carbocycles. The molecule has 0 atom stereocenters. The standard InChI is InChI=1S/C14H12FNO3S2/c1-8-2-3-9(15)4-11(8)16-13(17)7-20-10-5-12(14(18)19)21-6-10/h2-6H,7H2,1H3,(H,16,17)(H,18,19). The van der Waals surface area contributed by atoms with Gasteiger partial charge in [-0.3, -0.25) is 4.79 Å². The molecule has 0 radical (unpaired) electrons. The van der Waals surface area contributed by atoms with Crippen LogP contribution in [0.2, 0.25) is 0 Å². The quantitative estimate of drug-likeness (QED) is 0.824. The second-order valence-corrected chi connectivity index (χ2v) is 6.21.